The van der Waals surface area contributed by atoms with Gasteiger partial charge in [-0.05, 0) is 54.5 Å². The normalized spacial score (nSPS) is 27.1. The van der Waals surface area contributed by atoms with Gasteiger partial charge in [0.1, 0.15) is 0 Å². The number of pyridine rings is 1. The van der Waals surface area contributed by atoms with Crippen LogP contribution in [0.15, 0.2) is 36.7 Å². The lowest BCUT2D eigenvalue weighted by atomic mass is 9.70. The van der Waals surface area contributed by atoms with Gasteiger partial charge in [-0.25, -0.2) is 0 Å². The summed E-state index contributed by atoms with van der Waals surface area (Å²) < 4.78 is 0. The summed E-state index contributed by atoms with van der Waals surface area (Å²) in [6, 6.07) is 8.54. The molecule has 1 aromatic carbocycles. The van der Waals surface area contributed by atoms with Crippen molar-refractivity contribution in [3.63, 3.8) is 0 Å². The fraction of sp³-hybridized carbons (Fsp3) is 0.500. The topological polar surface area (TPSA) is 38.9 Å². The number of rotatable bonds is 2. The second-order valence-corrected chi connectivity index (χ2v) is 6.64. The van der Waals surface area contributed by atoms with Gasteiger partial charge in [0.2, 0.25) is 0 Å². The second kappa shape index (κ2) is 5.17. The third-order valence-corrected chi connectivity index (χ3v) is 5.08. The van der Waals surface area contributed by atoms with Crippen LogP contribution in [0.1, 0.15) is 45.1 Å². The lowest BCUT2D eigenvalue weighted by Gasteiger charge is -2.39. The maximum absolute atomic E-state index is 6.79. The molecular formula is C18H24N2. The van der Waals surface area contributed by atoms with Crippen molar-refractivity contribution < 1.29 is 0 Å². The molecule has 0 amide bonds. The predicted octanol–water partition coefficient (Wildman–Crippen LogP) is 4.24. The molecule has 0 atom stereocenters. The third-order valence-electron chi connectivity index (χ3n) is 5.08. The first-order chi connectivity index (χ1) is 9.60. The highest BCUT2D eigenvalue weighted by Crippen LogP contribution is 2.42. The first-order valence-electron chi connectivity index (χ1n) is 7.72. The minimum absolute atomic E-state index is 0.160. The van der Waals surface area contributed by atoms with Gasteiger partial charge in [0, 0.05) is 23.3 Å². The highest BCUT2D eigenvalue weighted by molar-refractivity contribution is 5.85. The van der Waals surface area contributed by atoms with Gasteiger partial charge in [0.25, 0.3) is 0 Å². The Kier molecular flexibility index (Phi) is 3.51. The number of nitrogens with zero attached hydrogens (tertiary/aromatic N) is 1. The molecular weight excluding hydrogens is 244 g/mol. The van der Waals surface area contributed by atoms with E-state index in [-0.39, 0.29) is 5.54 Å². The molecule has 106 valence electrons. The molecule has 0 unspecified atom stereocenters. The molecule has 3 rings (SSSR count). The van der Waals surface area contributed by atoms with E-state index in [0.29, 0.717) is 0 Å². The molecule has 0 radical (unpaired) electrons. The van der Waals surface area contributed by atoms with Crippen LogP contribution in [0.2, 0.25) is 0 Å². The van der Waals surface area contributed by atoms with Crippen LogP contribution in [0.3, 0.4) is 0 Å². The van der Waals surface area contributed by atoms with Gasteiger partial charge in [0.05, 0.1) is 0 Å². The van der Waals surface area contributed by atoms with Gasteiger partial charge in [-0.2, -0.15) is 0 Å². The summed E-state index contributed by atoms with van der Waals surface area (Å²) in [7, 11) is 0. The number of hydrogen-bond acceptors (Lipinski definition) is 2. The molecule has 2 aromatic rings. The number of aromatic nitrogens is 1. The number of nitrogens with two attached hydrogens (primary N) is 1. The molecule has 2 N–H and O–H groups in total. The molecule has 1 aromatic heterocycles. The molecule has 20 heavy (non-hydrogen) atoms. The Bertz CT molecular complexity index is 590. The smallest absolute Gasteiger partial charge is 0.0416 e. The van der Waals surface area contributed by atoms with Crippen LogP contribution in [0.4, 0.5) is 0 Å². The van der Waals surface area contributed by atoms with Gasteiger partial charge < -0.3 is 5.73 Å². The van der Waals surface area contributed by atoms with Crippen molar-refractivity contribution in [2.75, 3.05) is 0 Å². The Hall–Kier alpha value is -1.41. The van der Waals surface area contributed by atoms with E-state index in [4.69, 9.17) is 5.73 Å². The summed E-state index contributed by atoms with van der Waals surface area (Å²) >= 11 is 0. The predicted molar refractivity (Wildman–Crippen MR) is 84.4 cm³/mol. The Labute approximate surface area is 121 Å². The van der Waals surface area contributed by atoms with E-state index in [1.54, 1.807) is 0 Å². The molecule has 0 bridgehead atoms. The van der Waals surface area contributed by atoms with Crippen LogP contribution in [-0.4, -0.2) is 4.98 Å². The first kappa shape index (κ1) is 13.6. The van der Waals surface area contributed by atoms with Crippen LogP contribution in [-0.2, 0) is 5.54 Å². The van der Waals surface area contributed by atoms with E-state index in [9.17, 15) is 0 Å². The van der Waals surface area contributed by atoms with Crippen molar-refractivity contribution in [3.8, 4) is 0 Å². The van der Waals surface area contributed by atoms with Crippen LogP contribution in [0.25, 0.3) is 10.8 Å². The van der Waals surface area contributed by atoms with Crippen molar-refractivity contribution in [1.29, 1.82) is 0 Å². The average molecular weight is 268 g/mol. The molecule has 2 heteroatoms. The molecule has 2 nitrogen and oxygen atoms in total. The van der Waals surface area contributed by atoms with Crippen LogP contribution in [0, 0.1) is 11.8 Å². The van der Waals surface area contributed by atoms with Crippen LogP contribution >= 0.6 is 0 Å². The molecule has 0 aliphatic heterocycles. The van der Waals surface area contributed by atoms with Gasteiger partial charge in [-0.15, -0.1) is 0 Å². The van der Waals surface area contributed by atoms with Gasteiger partial charge in [-0.1, -0.05) is 32.0 Å². The standard InChI is InChI=1S/C18H24N2/c1-13(2)14-6-9-18(19,10-7-14)17-5-3-4-15-12-20-11-8-16(15)17/h3-5,8,11-14H,6-7,9-10,19H2,1-2H3. The summed E-state index contributed by atoms with van der Waals surface area (Å²) in [6.07, 6.45) is 8.48. The lowest BCUT2D eigenvalue weighted by molar-refractivity contribution is 0.197. The molecule has 1 saturated carbocycles. The number of hydrogen-bond donors (Lipinski definition) is 1. The van der Waals surface area contributed by atoms with Crippen molar-refractivity contribution >= 4 is 10.8 Å². The zero-order valence-electron chi connectivity index (χ0n) is 12.5. The highest BCUT2D eigenvalue weighted by atomic mass is 14.8. The summed E-state index contributed by atoms with van der Waals surface area (Å²) in [5.74, 6) is 1.61. The largest absolute Gasteiger partial charge is 0.321 e. The Morgan fingerprint density at radius 2 is 1.95 bits per heavy atom. The van der Waals surface area contributed by atoms with Crippen molar-refractivity contribution in [2.45, 2.75) is 45.1 Å². The Morgan fingerprint density at radius 1 is 1.20 bits per heavy atom. The van der Waals surface area contributed by atoms with Gasteiger partial charge >= 0.3 is 0 Å². The first-order valence-corrected chi connectivity index (χ1v) is 7.72. The third kappa shape index (κ3) is 2.33. The fourth-order valence-electron chi connectivity index (χ4n) is 3.65. The molecule has 1 aliphatic carbocycles. The minimum Gasteiger partial charge on any atom is -0.321 e. The maximum Gasteiger partial charge on any atom is 0.0416 e. The summed E-state index contributed by atoms with van der Waals surface area (Å²) in [4.78, 5) is 4.22. The second-order valence-electron chi connectivity index (χ2n) is 6.64. The van der Waals surface area contributed by atoms with Gasteiger partial charge in [-0.3, -0.25) is 4.98 Å². The molecule has 1 heterocycles. The van der Waals surface area contributed by atoms with E-state index in [1.165, 1.54) is 29.2 Å². The van der Waals surface area contributed by atoms with Crippen molar-refractivity contribution in [2.24, 2.45) is 17.6 Å². The molecule has 1 fully saturated rings. The zero-order valence-corrected chi connectivity index (χ0v) is 12.5. The van der Waals surface area contributed by atoms with E-state index in [1.807, 2.05) is 12.4 Å². The zero-order chi connectivity index (χ0) is 14.2. The molecule has 1 aliphatic rings. The highest BCUT2D eigenvalue weighted by Gasteiger charge is 2.34. The molecule has 0 saturated heterocycles. The van der Waals surface area contributed by atoms with Crippen molar-refractivity contribution in [1.82, 2.24) is 4.98 Å². The van der Waals surface area contributed by atoms with E-state index < -0.39 is 0 Å². The summed E-state index contributed by atoms with van der Waals surface area (Å²) in [5.41, 5.74) is 7.93. The number of benzene rings is 1. The SMILES string of the molecule is CC(C)C1CCC(N)(c2cccc3cnccc23)CC1. The van der Waals surface area contributed by atoms with E-state index in [0.717, 1.165) is 24.7 Å². The van der Waals surface area contributed by atoms with Crippen LogP contribution < -0.4 is 5.73 Å². The summed E-state index contributed by atoms with van der Waals surface area (Å²) in [5, 5.41) is 2.47. The quantitative estimate of drug-likeness (QED) is 0.885. The van der Waals surface area contributed by atoms with E-state index in [2.05, 4.69) is 43.1 Å². The minimum atomic E-state index is -0.160. The monoisotopic (exact) mass is 268 g/mol. The van der Waals surface area contributed by atoms with E-state index >= 15 is 0 Å². The van der Waals surface area contributed by atoms with Gasteiger partial charge in [0.15, 0.2) is 0 Å². The average Bonchev–Trinajstić information content (AvgIpc) is 2.47. The summed E-state index contributed by atoms with van der Waals surface area (Å²) in [6.45, 7) is 4.66. The molecule has 0 spiro atoms. The lowest BCUT2D eigenvalue weighted by Crippen LogP contribution is -2.41. The Morgan fingerprint density at radius 3 is 2.65 bits per heavy atom. The van der Waals surface area contributed by atoms with Crippen molar-refractivity contribution in [3.05, 3.63) is 42.2 Å². The Balaban J connectivity index is 1.95. The fourth-order valence-corrected chi connectivity index (χ4v) is 3.65. The maximum atomic E-state index is 6.79. The van der Waals surface area contributed by atoms with Crippen LogP contribution in [0.5, 0.6) is 0 Å². The number of fused-ring (bicyclic) bond motifs is 1.